The van der Waals surface area contributed by atoms with Crippen LogP contribution in [0.2, 0.25) is 0 Å². The molecule has 3 heterocycles. The number of aromatic nitrogens is 5. The number of nitrogens with zero attached hydrogens (tertiary/aromatic N) is 4. The van der Waals surface area contributed by atoms with Crippen LogP contribution < -0.4 is 10.5 Å². The van der Waals surface area contributed by atoms with Crippen LogP contribution in [0.5, 0.6) is 5.75 Å². The van der Waals surface area contributed by atoms with Gasteiger partial charge in [-0.3, -0.25) is 9.67 Å². The second-order valence-electron chi connectivity index (χ2n) is 5.58. The highest BCUT2D eigenvalue weighted by atomic mass is 32.2. The van der Waals surface area contributed by atoms with Crippen molar-refractivity contribution in [2.45, 2.75) is 5.03 Å². The van der Waals surface area contributed by atoms with E-state index in [0.29, 0.717) is 22.5 Å². The van der Waals surface area contributed by atoms with Crippen LogP contribution in [0.1, 0.15) is 0 Å². The van der Waals surface area contributed by atoms with Gasteiger partial charge in [-0.2, -0.15) is 10.1 Å². The van der Waals surface area contributed by atoms with Crippen molar-refractivity contribution < 1.29 is 13.2 Å². The van der Waals surface area contributed by atoms with Gasteiger partial charge in [-0.05, 0) is 12.1 Å². The summed E-state index contributed by atoms with van der Waals surface area (Å²) in [5.74, 6) is 0.520. The molecular weight excluding hydrogens is 344 g/mol. The molecular formula is C15H14N6O3S. The summed E-state index contributed by atoms with van der Waals surface area (Å²) >= 11 is 0. The summed E-state index contributed by atoms with van der Waals surface area (Å²) in [6, 6.07) is 5.05. The smallest absolute Gasteiger partial charge is 0.221 e. The third-order valence-electron chi connectivity index (χ3n) is 3.89. The standard InChI is InChI=1S/C15H14N6O3S/c1-24-12-5-10-8(7-18-20-10)3-11(12)21-13(25(2,22)23)4-9-6-17-15(16)19-14(9)21/h3-7H,1-2H3,(H,18,20)(H2,16,17,19). The van der Waals surface area contributed by atoms with Crippen molar-refractivity contribution in [3.8, 4) is 11.4 Å². The van der Waals surface area contributed by atoms with Gasteiger partial charge in [-0.1, -0.05) is 0 Å². The third kappa shape index (κ3) is 2.38. The van der Waals surface area contributed by atoms with Crippen LogP contribution in [0.3, 0.4) is 0 Å². The zero-order valence-corrected chi connectivity index (χ0v) is 14.2. The van der Waals surface area contributed by atoms with E-state index in [0.717, 1.165) is 17.2 Å². The molecule has 0 fully saturated rings. The Hall–Kier alpha value is -3.14. The second-order valence-corrected chi connectivity index (χ2v) is 7.54. The van der Waals surface area contributed by atoms with E-state index in [2.05, 4.69) is 20.2 Å². The Morgan fingerprint density at radius 1 is 1.20 bits per heavy atom. The number of benzene rings is 1. The van der Waals surface area contributed by atoms with Crippen LogP contribution in [0.15, 0.2) is 35.6 Å². The number of sulfone groups is 1. The van der Waals surface area contributed by atoms with E-state index in [9.17, 15) is 8.42 Å². The number of hydrogen-bond donors (Lipinski definition) is 2. The highest BCUT2D eigenvalue weighted by Gasteiger charge is 2.22. The summed E-state index contributed by atoms with van der Waals surface area (Å²) in [5.41, 5.74) is 7.37. The predicted octanol–water partition coefficient (Wildman–Crippen LogP) is 1.29. The molecule has 0 saturated carbocycles. The molecule has 3 aromatic heterocycles. The lowest BCUT2D eigenvalue weighted by Gasteiger charge is -2.13. The Morgan fingerprint density at radius 3 is 2.72 bits per heavy atom. The summed E-state index contributed by atoms with van der Waals surface area (Å²) in [4.78, 5) is 8.15. The van der Waals surface area contributed by atoms with E-state index >= 15 is 0 Å². The summed E-state index contributed by atoms with van der Waals surface area (Å²) in [6.45, 7) is 0. The molecule has 0 amide bonds. The van der Waals surface area contributed by atoms with Crippen molar-refractivity contribution >= 4 is 37.7 Å². The molecule has 3 N–H and O–H groups in total. The average Bonchev–Trinajstić information content (AvgIpc) is 3.16. The highest BCUT2D eigenvalue weighted by Crippen LogP contribution is 2.34. The molecule has 0 aliphatic rings. The van der Waals surface area contributed by atoms with Gasteiger partial charge in [0.1, 0.15) is 10.8 Å². The van der Waals surface area contributed by atoms with Crippen molar-refractivity contribution in [1.29, 1.82) is 0 Å². The van der Waals surface area contributed by atoms with Gasteiger partial charge in [-0.25, -0.2) is 13.4 Å². The third-order valence-corrected chi connectivity index (χ3v) is 4.95. The number of aromatic amines is 1. The largest absolute Gasteiger partial charge is 0.494 e. The number of nitrogens with one attached hydrogen (secondary N) is 1. The zero-order chi connectivity index (χ0) is 17.8. The number of ether oxygens (including phenoxy) is 1. The van der Waals surface area contributed by atoms with E-state index in [1.54, 1.807) is 18.3 Å². The van der Waals surface area contributed by atoms with Gasteiger partial charge >= 0.3 is 0 Å². The van der Waals surface area contributed by atoms with E-state index in [4.69, 9.17) is 10.5 Å². The van der Waals surface area contributed by atoms with Crippen molar-refractivity contribution in [3.05, 3.63) is 30.6 Å². The number of hydrogen-bond acceptors (Lipinski definition) is 7. The van der Waals surface area contributed by atoms with Gasteiger partial charge in [-0.15, -0.1) is 0 Å². The summed E-state index contributed by atoms with van der Waals surface area (Å²) in [5, 5.41) is 8.28. The van der Waals surface area contributed by atoms with Crippen LogP contribution in [-0.4, -0.2) is 46.5 Å². The van der Waals surface area contributed by atoms with Gasteiger partial charge in [0.25, 0.3) is 0 Å². The van der Waals surface area contributed by atoms with Crippen LogP contribution in [0.25, 0.3) is 27.6 Å². The molecule has 25 heavy (non-hydrogen) atoms. The normalized spacial score (nSPS) is 12.1. The fourth-order valence-corrected chi connectivity index (χ4v) is 3.64. The first kappa shape index (κ1) is 15.4. The van der Waals surface area contributed by atoms with Gasteiger partial charge in [0, 0.05) is 29.3 Å². The van der Waals surface area contributed by atoms with Gasteiger partial charge in [0.05, 0.1) is 24.5 Å². The van der Waals surface area contributed by atoms with Crippen molar-refractivity contribution in [3.63, 3.8) is 0 Å². The number of nitrogen functional groups attached to an aromatic ring is 1. The Bertz CT molecular complexity index is 1230. The molecule has 0 spiro atoms. The zero-order valence-electron chi connectivity index (χ0n) is 13.4. The molecule has 0 atom stereocenters. The van der Waals surface area contributed by atoms with E-state index < -0.39 is 9.84 Å². The van der Waals surface area contributed by atoms with E-state index in [1.807, 2.05) is 0 Å². The molecule has 0 bridgehead atoms. The van der Waals surface area contributed by atoms with Gasteiger partial charge < -0.3 is 10.5 Å². The number of rotatable bonds is 3. The van der Waals surface area contributed by atoms with Crippen molar-refractivity contribution in [2.75, 3.05) is 19.1 Å². The molecule has 9 nitrogen and oxygen atoms in total. The first-order valence-electron chi connectivity index (χ1n) is 7.24. The number of methoxy groups -OCH3 is 1. The molecule has 0 saturated heterocycles. The molecule has 0 aliphatic heterocycles. The second kappa shape index (κ2) is 5.18. The van der Waals surface area contributed by atoms with Crippen LogP contribution in [-0.2, 0) is 9.84 Å². The Morgan fingerprint density at radius 2 is 2.00 bits per heavy atom. The van der Waals surface area contributed by atoms with E-state index in [1.165, 1.54) is 23.9 Å². The monoisotopic (exact) mass is 358 g/mol. The van der Waals surface area contributed by atoms with Crippen molar-refractivity contribution in [1.82, 2.24) is 24.7 Å². The lowest BCUT2D eigenvalue weighted by molar-refractivity contribution is 0.413. The minimum absolute atomic E-state index is 0.0512. The minimum Gasteiger partial charge on any atom is -0.494 e. The molecule has 4 aromatic rings. The number of anilines is 1. The lowest BCUT2D eigenvalue weighted by Crippen LogP contribution is -2.08. The first-order valence-corrected chi connectivity index (χ1v) is 9.13. The fourth-order valence-electron chi connectivity index (χ4n) is 2.78. The molecule has 4 rings (SSSR count). The fraction of sp³-hybridized carbons (Fsp3) is 0.133. The molecule has 0 unspecified atom stereocenters. The maximum absolute atomic E-state index is 12.3. The summed E-state index contributed by atoms with van der Waals surface area (Å²) < 4.78 is 31.6. The minimum atomic E-state index is -3.55. The van der Waals surface area contributed by atoms with Crippen molar-refractivity contribution in [2.24, 2.45) is 0 Å². The Balaban J connectivity index is 2.17. The van der Waals surface area contributed by atoms with Crippen LogP contribution >= 0.6 is 0 Å². The molecule has 128 valence electrons. The lowest BCUT2D eigenvalue weighted by atomic mass is 10.2. The Kier molecular flexibility index (Phi) is 3.19. The molecule has 1 aromatic carbocycles. The predicted molar refractivity (Wildman–Crippen MR) is 92.6 cm³/mol. The van der Waals surface area contributed by atoms with Crippen LogP contribution in [0, 0.1) is 0 Å². The Labute approximate surface area is 142 Å². The molecule has 0 aliphatic carbocycles. The van der Waals surface area contributed by atoms with E-state index in [-0.39, 0.29) is 11.0 Å². The maximum Gasteiger partial charge on any atom is 0.221 e. The molecule has 10 heteroatoms. The SMILES string of the molecule is COc1cc2[nH]ncc2cc1-n1c(S(C)(=O)=O)cc2cnc(N)nc21. The van der Waals surface area contributed by atoms with Gasteiger partial charge in [0.2, 0.25) is 5.95 Å². The topological polar surface area (TPSA) is 129 Å². The number of nitrogens with two attached hydrogens (primary N) is 1. The highest BCUT2D eigenvalue weighted by molar-refractivity contribution is 7.90. The number of H-pyrrole nitrogens is 1. The number of fused-ring (bicyclic) bond motifs is 2. The average molecular weight is 358 g/mol. The maximum atomic E-state index is 12.3. The van der Waals surface area contributed by atoms with Gasteiger partial charge in [0.15, 0.2) is 15.5 Å². The van der Waals surface area contributed by atoms with Crippen LogP contribution in [0.4, 0.5) is 5.95 Å². The summed E-state index contributed by atoms with van der Waals surface area (Å²) in [7, 11) is -2.04. The first-order chi connectivity index (χ1) is 11.9. The molecule has 0 radical (unpaired) electrons. The summed E-state index contributed by atoms with van der Waals surface area (Å²) in [6.07, 6.45) is 4.27. The quantitative estimate of drug-likeness (QED) is 0.564.